The Labute approximate surface area is 111 Å². The van der Waals surface area contributed by atoms with Crippen LogP contribution in [0.5, 0.6) is 5.19 Å². The van der Waals surface area contributed by atoms with Crippen LogP contribution in [0, 0.1) is 0 Å². The van der Waals surface area contributed by atoms with Gasteiger partial charge in [0.25, 0.3) is 5.19 Å². The van der Waals surface area contributed by atoms with E-state index in [1.807, 2.05) is 24.3 Å². The van der Waals surface area contributed by atoms with E-state index in [1.54, 1.807) is 17.8 Å². The highest BCUT2D eigenvalue weighted by atomic mass is 32.1. The van der Waals surface area contributed by atoms with Gasteiger partial charge in [-0.05, 0) is 23.5 Å². The second kappa shape index (κ2) is 3.79. The fourth-order valence-electron chi connectivity index (χ4n) is 1.85. The minimum absolute atomic E-state index is 0.498. The summed E-state index contributed by atoms with van der Waals surface area (Å²) < 4.78 is 12.4. The van der Waals surface area contributed by atoms with Crippen molar-refractivity contribution in [3.05, 3.63) is 30.5 Å². The molecule has 6 nitrogen and oxygen atoms in total. The van der Waals surface area contributed by atoms with E-state index in [0.717, 1.165) is 16.1 Å². The lowest BCUT2D eigenvalue weighted by Gasteiger charge is -1.87. The topological polar surface area (TPSA) is 65.5 Å². The Bertz CT molecular complexity index is 812. The van der Waals surface area contributed by atoms with Crippen molar-refractivity contribution >= 4 is 27.4 Å². The van der Waals surface area contributed by atoms with E-state index < -0.39 is 0 Å². The van der Waals surface area contributed by atoms with Crippen LogP contribution < -0.4 is 4.74 Å². The van der Waals surface area contributed by atoms with Crippen molar-refractivity contribution < 1.29 is 9.15 Å². The molecule has 0 bridgehead atoms. The molecule has 0 fully saturated rings. The number of ether oxygens (including phenoxy) is 1. The van der Waals surface area contributed by atoms with Gasteiger partial charge >= 0.3 is 0 Å². The lowest BCUT2D eigenvalue weighted by molar-refractivity contribution is 0.405. The first kappa shape index (κ1) is 10.5. The number of benzene rings is 1. The van der Waals surface area contributed by atoms with E-state index >= 15 is 0 Å². The third-order valence-corrected chi connectivity index (χ3v) is 3.60. The molecule has 4 rings (SSSR count). The van der Waals surface area contributed by atoms with Gasteiger partial charge in [0.05, 0.1) is 13.3 Å². The number of rotatable bonds is 2. The summed E-state index contributed by atoms with van der Waals surface area (Å²) in [6.07, 6.45) is 1.78. The number of para-hydroxylation sites is 2. The van der Waals surface area contributed by atoms with Gasteiger partial charge in [-0.2, -0.15) is 0 Å². The second-order valence-electron chi connectivity index (χ2n) is 3.91. The standard InChI is InChI=1S/C12H8N4O2S/c1-17-12-15-16-6-8(14-11(16)19-12)10-13-7-4-2-3-5-9(7)18-10/h2-6H,1H3. The van der Waals surface area contributed by atoms with Crippen molar-refractivity contribution in [2.45, 2.75) is 0 Å². The lowest BCUT2D eigenvalue weighted by Crippen LogP contribution is -1.84. The molecule has 0 saturated heterocycles. The third kappa shape index (κ3) is 1.59. The Morgan fingerprint density at radius 1 is 1.26 bits per heavy atom. The maximum Gasteiger partial charge on any atom is 0.294 e. The highest BCUT2D eigenvalue weighted by Gasteiger charge is 2.14. The molecule has 0 aliphatic carbocycles. The van der Waals surface area contributed by atoms with Gasteiger partial charge in [0.15, 0.2) is 5.58 Å². The van der Waals surface area contributed by atoms with Crippen LogP contribution in [0.4, 0.5) is 0 Å². The summed E-state index contributed by atoms with van der Waals surface area (Å²) in [5.41, 5.74) is 2.23. The summed E-state index contributed by atoms with van der Waals surface area (Å²) in [6, 6.07) is 7.62. The molecule has 0 N–H and O–H groups in total. The molecule has 94 valence electrons. The van der Waals surface area contributed by atoms with E-state index in [2.05, 4.69) is 15.1 Å². The van der Waals surface area contributed by atoms with Gasteiger partial charge < -0.3 is 9.15 Å². The number of nitrogens with zero attached hydrogens (tertiary/aromatic N) is 4. The van der Waals surface area contributed by atoms with Crippen LogP contribution in [0.25, 0.3) is 27.6 Å². The van der Waals surface area contributed by atoms with Gasteiger partial charge in [-0.1, -0.05) is 12.1 Å². The van der Waals surface area contributed by atoms with Gasteiger partial charge in [0, 0.05) is 0 Å². The van der Waals surface area contributed by atoms with E-state index in [9.17, 15) is 0 Å². The predicted molar refractivity (Wildman–Crippen MR) is 70.4 cm³/mol. The number of aromatic nitrogens is 4. The molecule has 1 aromatic carbocycles. The molecule has 7 heteroatoms. The molecule has 3 aromatic heterocycles. The zero-order valence-electron chi connectivity index (χ0n) is 9.90. The SMILES string of the molecule is COc1nn2cc(-c3nc4ccccc4o3)nc2s1. The first-order valence-electron chi connectivity index (χ1n) is 5.59. The summed E-state index contributed by atoms with van der Waals surface area (Å²) in [7, 11) is 1.58. The Morgan fingerprint density at radius 2 is 2.16 bits per heavy atom. The number of hydrogen-bond donors (Lipinski definition) is 0. The van der Waals surface area contributed by atoms with Crippen molar-refractivity contribution in [3.8, 4) is 16.8 Å². The summed E-state index contributed by atoms with van der Waals surface area (Å²) >= 11 is 1.37. The van der Waals surface area contributed by atoms with Gasteiger partial charge in [-0.25, -0.2) is 14.5 Å². The monoisotopic (exact) mass is 272 g/mol. The molecule has 0 amide bonds. The van der Waals surface area contributed by atoms with Gasteiger partial charge in [0.1, 0.15) is 11.2 Å². The Kier molecular flexibility index (Phi) is 2.10. The summed E-state index contributed by atoms with van der Waals surface area (Å²) in [6.45, 7) is 0. The molecule has 3 heterocycles. The van der Waals surface area contributed by atoms with Crippen LogP contribution in [0.3, 0.4) is 0 Å². The first-order chi connectivity index (χ1) is 9.33. The first-order valence-corrected chi connectivity index (χ1v) is 6.41. The van der Waals surface area contributed by atoms with E-state index in [4.69, 9.17) is 9.15 Å². The summed E-state index contributed by atoms with van der Waals surface area (Å²) in [5.74, 6) is 0.498. The molecule has 0 aliphatic rings. The number of oxazole rings is 1. The molecule has 0 atom stereocenters. The van der Waals surface area contributed by atoms with Crippen molar-refractivity contribution in [3.63, 3.8) is 0 Å². The third-order valence-electron chi connectivity index (χ3n) is 2.71. The summed E-state index contributed by atoms with van der Waals surface area (Å²) in [4.78, 5) is 9.58. The lowest BCUT2D eigenvalue weighted by atomic mass is 10.3. The van der Waals surface area contributed by atoms with Gasteiger partial charge in [-0.3, -0.25) is 0 Å². The molecular formula is C12H8N4O2S. The molecule has 0 radical (unpaired) electrons. The Hall–Kier alpha value is -2.41. The predicted octanol–water partition coefficient (Wildman–Crippen LogP) is 2.61. The van der Waals surface area contributed by atoms with Gasteiger partial charge in [0.2, 0.25) is 10.9 Å². The molecule has 0 saturated carbocycles. The highest BCUT2D eigenvalue weighted by Crippen LogP contribution is 2.27. The van der Waals surface area contributed by atoms with Crippen molar-refractivity contribution in [1.82, 2.24) is 19.6 Å². The molecule has 19 heavy (non-hydrogen) atoms. The number of methoxy groups -OCH3 is 1. The summed E-state index contributed by atoms with van der Waals surface area (Å²) in [5, 5.41) is 4.79. The Balaban J connectivity index is 1.86. The van der Waals surface area contributed by atoms with Crippen LogP contribution >= 0.6 is 11.3 Å². The zero-order valence-corrected chi connectivity index (χ0v) is 10.7. The van der Waals surface area contributed by atoms with Crippen LogP contribution in [0.15, 0.2) is 34.9 Å². The minimum atomic E-state index is 0.498. The smallest absolute Gasteiger partial charge is 0.294 e. The Morgan fingerprint density at radius 3 is 2.95 bits per heavy atom. The molecule has 0 spiro atoms. The molecule has 0 aliphatic heterocycles. The van der Waals surface area contributed by atoms with Crippen molar-refractivity contribution in [1.29, 1.82) is 0 Å². The normalized spacial score (nSPS) is 11.4. The quantitative estimate of drug-likeness (QED) is 0.561. The number of hydrogen-bond acceptors (Lipinski definition) is 6. The largest absolute Gasteiger partial charge is 0.472 e. The maximum atomic E-state index is 5.67. The van der Waals surface area contributed by atoms with Crippen molar-refractivity contribution in [2.75, 3.05) is 7.11 Å². The molecule has 0 unspecified atom stereocenters. The fourth-order valence-corrected chi connectivity index (χ4v) is 2.55. The van der Waals surface area contributed by atoms with E-state index in [-0.39, 0.29) is 0 Å². The highest BCUT2D eigenvalue weighted by molar-refractivity contribution is 7.18. The zero-order chi connectivity index (χ0) is 12.8. The van der Waals surface area contributed by atoms with E-state index in [0.29, 0.717) is 16.8 Å². The van der Waals surface area contributed by atoms with E-state index in [1.165, 1.54) is 11.3 Å². The van der Waals surface area contributed by atoms with Crippen molar-refractivity contribution in [2.24, 2.45) is 0 Å². The maximum absolute atomic E-state index is 5.67. The van der Waals surface area contributed by atoms with Gasteiger partial charge in [-0.15, -0.1) is 5.10 Å². The van der Waals surface area contributed by atoms with Crippen LogP contribution in [-0.4, -0.2) is 26.7 Å². The second-order valence-corrected chi connectivity index (χ2v) is 4.83. The average Bonchev–Trinajstić information content (AvgIpc) is 3.09. The number of imidazole rings is 1. The number of fused-ring (bicyclic) bond motifs is 2. The molecule has 4 aromatic rings. The van der Waals surface area contributed by atoms with Crippen LogP contribution in [-0.2, 0) is 0 Å². The average molecular weight is 272 g/mol. The molecular weight excluding hydrogens is 264 g/mol. The van der Waals surface area contributed by atoms with Crippen LogP contribution in [0.2, 0.25) is 0 Å². The minimum Gasteiger partial charge on any atom is -0.472 e. The fraction of sp³-hybridized carbons (Fsp3) is 0.0833. The van der Waals surface area contributed by atoms with Crippen LogP contribution in [0.1, 0.15) is 0 Å².